The smallest absolute Gasteiger partial charge is 0.315 e. The Balaban J connectivity index is 1.48. The van der Waals surface area contributed by atoms with Crippen molar-refractivity contribution in [1.82, 2.24) is 15.5 Å². The van der Waals surface area contributed by atoms with Gasteiger partial charge in [-0.2, -0.15) is 11.3 Å². The van der Waals surface area contributed by atoms with Gasteiger partial charge in [0.15, 0.2) is 0 Å². The summed E-state index contributed by atoms with van der Waals surface area (Å²) in [4.78, 5) is 14.4. The van der Waals surface area contributed by atoms with Gasteiger partial charge < -0.3 is 15.7 Å². The molecule has 1 aliphatic heterocycles. The van der Waals surface area contributed by atoms with E-state index in [4.69, 9.17) is 0 Å². The van der Waals surface area contributed by atoms with Crippen molar-refractivity contribution in [1.29, 1.82) is 0 Å². The van der Waals surface area contributed by atoms with E-state index >= 15 is 0 Å². The average molecular weight is 359 g/mol. The van der Waals surface area contributed by atoms with Crippen LogP contribution in [0.15, 0.2) is 35.0 Å². The number of urea groups is 1. The van der Waals surface area contributed by atoms with Gasteiger partial charge in [-0.15, -0.1) is 0 Å². The van der Waals surface area contributed by atoms with E-state index in [1.54, 1.807) is 17.4 Å². The maximum absolute atomic E-state index is 12.2. The molecule has 6 heteroatoms. The van der Waals surface area contributed by atoms with Gasteiger partial charge in [0.1, 0.15) is 5.75 Å². The molecule has 0 saturated carbocycles. The van der Waals surface area contributed by atoms with Gasteiger partial charge in [-0.3, -0.25) is 4.90 Å². The van der Waals surface area contributed by atoms with Crippen molar-refractivity contribution in [3.05, 3.63) is 51.7 Å². The first kappa shape index (κ1) is 17.8. The van der Waals surface area contributed by atoms with Gasteiger partial charge in [0.05, 0.1) is 0 Å². The summed E-state index contributed by atoms with van der Waals surface area (Å²) in [7, 11) is 2.05. The van der Waals surface area contributed by atoms with E-state index < -0.39 is 0 Å². The van der Waals surface area contributed by atoms with E-state index in [0.29, 0.717) is 12.3 Å². The van der Waals surface area contributed by atoms with Crippen molar-refractivity contribution < 1.29 is 9.90 Å². The number of benzene rings is 1. The fourth-order valence-corrected chi connectivity index (χ4v) is 3.97. The Morgan fingerprint density at radius 2 is 2.24 bits per heavy atom. The van der Waals surface area contributed by atoms with Crippen LogP contribution < -0.4 is 10.6 Å². The lowest BCUT2D eigenvalue weighted by molar-refractivity contribution is 0.202. The zero-order valence-corrected chi connectivity index (χ0v) is 15.5. The van der Waals surface area contributed by atoms with E-state index in [9.17, 15) is 9.90 Å². The molecule has 1 aliphatic rings. The van der Waals surface area contributed by atoms with Crippen LogP contribution in [0.25, 0.3) is 0 Å². The zero-order chi connectivity index (χ0) is 17.8. The van der Waals surface area contributed by atoms with E-state index in [1.165, 1.54) is 11.1 Å². The lowest BCUT2D eigenvalue weighted by Gasteiger charge is -2.34. The molecule has 3 N–H and O–H groups in total. The molecule has 2 atom stereocenters. The first-order valence-electron chi connectivity index (χ1n) is 8.57. The fraction of sp³-hybridized carbons (Fsp3) is 0.421. The number of nitrogens with one attached hydrogen (secondary N) is 2. The van der Waals surface area contributed by atoms with Crippen molar-refractivity contribution in [2.24, 2.45) is 0 Å². The Hall–Kier alpha value is -2.05. The molecular weight excluding hydrogens is 334 g/mol. The summed E-state index contributed by atoms with van der Waals surface area (Å²) in [6.45, 7) is 3.41. The number of fused-ring (bicyclic) bond motifs is 1. The number of carbonyl (C=O) groups is 1. The monoisotopic (exact) mass is 359 g/mol. The highest BCUT2D eigenvalue weighted by atomic mass is 32.1. The Morgan fingerprint density at radius 1 is 1.40 bits per heavy atom. The molecule has 0 saturated heterocycles. The second-order valence-electron chi connectivity index (χ2n) is 6.82. The van der Waals surface area contributed by atoms with Crippen LogP contribution in [0.4, 0.5) is 4.79 Å². The van der Waals surface area contributed by atoms with E-state index in [-0.39, 0.29) is 18.1 Å². The van der Waals surface area contributed by atoms with Crippen LogP contribution in [0, 0.1) is 0 Å². The molecule has 0 fully saturated rings. The van der Waals surface area contributed by atoms with Crippen LogP contribution in [0.3, 0.4) is 0 Å². The fourth-order valence-electron chi connectivity index (χ4n) is 3.29. The van der Waals surface area contributed by atoms with Gasteiger partial charge in [0.2, 0.25) is 0 Å². The molecule has 3 rings (SSSR count). The van der Waals surface area contributed by atoms with Gasteiger partial charge in [0.25, 0.3) is 0 Å². The van der Waals surface area contributed by atoms with Crippen LogP contribution in [-0.2, 0) is 19.4 Å². The highest BCUT2D eigenvalue weighted by Crippen LogP contribution is 2.25. The highest BCUT2D eigenvalue weighted by Gasteiger charge is 2.24. The normalized spacial score (nSPS) is 18.4. The Bertz CT molecular complexity index is 717. The first-order chi connectivity index (χ1) is 12.0. The summed E-state index contributed by atoms with van der Waals surface area (Å²) >= 11 is 1.68. The lowest BCUT2D eigenvalue weighted by atomic mass is 9.94. The van der Waals surface area contributed by atoms with Crippen molar-refractivity contribution in [2.45, 2.75) is 38.4 Å². The predicted molar refractivity (Wildman–Crippen MR) is 101 cm³/mol. The van der Waals surface area contributed by atoms with Gasteiger partial charge in [-0.25, -0.2) is 4.79 Å². The first-order valence-corrected chi connectivity index (χ1v) is 9.52. The standard InChI is InChI=1S/C19H25N3O2S/c1-13(7-14-5-6-25-12-14)21-19(24)20-10-17-8-15-3-4-18(23)9-16(15)11-22(17)2/h3-6,9,12-13,17,23H,7-8,10-11H2,1-2H3,(H2,20,21,24)/t13?,17-/m0/s1. The van der Waals surface area contributed by atoms with Crippen LogP contribution in [0.2, 0.25) is 0 Å². The zero-order valence-electron chi connectivity index (χ0n) is 14.7. The largest absolute Gasteiger partial charge is 0.508 e. The van der Waals surface area contributed by atoms with Crippen LogP contribution in [-0.4, -0.2) is 41.7 Å². The van der Waals surface area contributed by atoms with Crippen LogP contribution in [0.1, 0.15) is 23.6 Å². The quantitative estimate of drug-likeness (QED) is 0.769. The number of amides is 2. The van der Waals surface area contributed by atoms with Crippen LogP contribution in [0.5, 0.6) is 5.75 Å². The molecule has 134 valence electrons. The molecular formula is C19H25N3O2S. The summed E-state index contributed by atoms with van der Waals surface area (Å²) in [5.41, 5.74) is 3.66. The summed E-state index contributed by atoms with van der Waals surface area (Å²) in [6.07, 6.45) is 1.72. The number of phenols is 1. The Morgan fingerprint density at radius 3 is 3.00 bits per heavy atom. The number of phenolic OH excluding ortho intramolecular Hbond substituents is 1. The van der Waals surface area contributed by atoms with Crippen molar-refractivity contribution in [2.75, 3.05) is 13.6 Å². The van der Waals surface area contributed by atoms with Gasteiger partial charge >= 0.3 is 6.03 Å². The van der Waals surface area contributed by atoms with Crippen molar-refractivity contribution >= 4 is 17.4 Å². The van der Waals surface area contributed by atoms with Crippen molar-refractivity contribution in [3.63, 3.8) is 0 Å². The summed E-state index contributed by atoms with van der Waals surface area (Å²) in [5.74, 6) is 0.308. The maximum Gasteiger partial charge on any atom is 0.315 e. The molecule has 0 radical (unpaired) electrons. The third-order valence-electron chi connectivity index (χ3n) is 4.69. The number of nitrogens with zero attached hydrogens (tertiary/aromatic N) is 1. The third kappa shape index (κ3) is 4.74. The predicted octanol–water partition coefficient (Wildman–Crippen LogP) is 2.74. The number of carbonyl (C=O) groups excluding carboxylic acids is 1. The number of hydrogen-bond donors (Lipinski definition) is 3. The summed E-state index contributed by atoms with van der Waals surface area (Å²) in [5, 5.41) is 19.8. The van der Waals surface area contributed by atoms with E-state index in [2.05, 4.69) is 39.4 Å². The van der Waals surface area contributed by atoms with Crippen LogP contribution >= 0.6 is 11.3 Å². The van der Waals surface area contributed by atoms with E-state index in [0.717, 1.165) is 24.9 Å². The van der Waals surface area contributed by atoms with Crippen molar-refractivity contribution in [3.8, 4) is 5.75 Å². The SMILES string of the molecule is CC(Cc1ccsc1)NC(=O)NC[C@@H]1Cc2ccc(O)cc2CN1C. The molecule has 2 amide bonds. The molecule has 0 bridgehead atoms. The third-order valence-corrected chi connectivity index (χ3v) is 5.42. The van der Waals surface area contributed by atoms with Gasteiger partial charge in [-0.05, 0) is 72.5 Å². The second-order valence-corrected chi connectivity index (χ2v) is 7.60. The highest BCUT2D eigenvalue weighted by molar-refractivity contribution is 7.07. The number of likely N-dealkylation sites (N-methyl/N-ethyl adjacent to an activating group) is 1. The summed E-state index contributed by atoms with van der Waals surface area (Å²) in [6, 6.07) is 7.87. The second kappa shape index (κ2) is 7.89. The molecule has 1 unspecified atom stereocenters. The number of hydrogen-bond acceptors (Lipinski definition) is 4. The number of rotatable bonds is 5. The average Bonchev–Trinajstić information content (AvgIpc) is 3.05. The molecule has 25 heavy (non-hydrogen) atoms. The molecule has 0 spiro atoms. The molecule has 1 aromatic heterocycles. The summed E-state index contributed by atoms with van der Waals surface area (Å²) < 4.78 is 0. The minimum atomic E-state index is -0.118. The minimum absolute atomic E-state index is 0.0994. The van der Waals surface area contributed by atoms with Gasteiger partial charge in [-0.1, -0.05) is 6.07 Å². The molecule has 2 heterocycles. The molecule has 5 nitrogen and oxygen atoms in total. The molecule has 1 aromatic carbocycles. The van der Waals surface area contributed by atoms with E-state index in [1.807, 2.05) is 19.1 Å². The molecule has 0 aliphatic carbocycles. The molecule has 2 aromatic rings. The van der Waals surface area contributed by atoms with Gasteiger partial charge in [0, 0.05) is 25.2 Å². The lowest BCUT2D eigenvalue weighted by Crippen LogP contribution is -2.49. The number of thiophene rings is 1. The minimum Gasteiger partial charge on any atom is -0.508 e. The Kier molecular flexibility index (Phi) is 5.60. The topological polar surface area (TPSA) is 64.6 Å². The Labute approximate surface area is 152 Å². The maximum atomic E-state index is 12.2. The number of aromatic hydroxyl groups is 1.